The molecule has 0 saturated carbocycles. The summed E-state index contributed by atoms with van der Waals surface area (Å²) in [4.78, 5) is 9.04. The van der Waals surface area contributed by atoms with Crippen molar-refractivity contribution in [3.63, 3.8) is 0 Å². The third kappa shape index (κ3) is 3.84. The predicted octanol–water partition coefficient (Wildman–Crippen LogP) is 2.51. The summed E-state index contributed by atoms with van der Waals surface area (Å²) in [6, 6.07) is 6.21. The topological polar surface area (TPSA) is 53.7 Å². The van der Waals surface area contributed by atoms with Crippen molar-refractivity contribution in [3.8, 4) is 0 Å². The van der Waals surface area contributed by atoms with Crippen molar-refractivity contribution in [1.82, 2.24) is 15.4 Å². The summed E-state index contributed by atoms with van der Waals surface area (Å²) in [5, 5.41) is 7.27. The molecule has 0 fully saturated rings. The number of nitrogens with one attached hydrogen (secondary N) is 1. The zero-order valence-electron chi connectivity index (χ0n) is 12.1. The molecule has 0 aliphatic rings. The number of rotatable bonds is 5. The number of aliphatic imine (C=N–C) groups is 1. The highest BCUT2D eigenvalue weighted by Gasteiger charge is 2.08. The van der Waals surface area contributed by atoms with Gasteiger partial charge in [-0.1, -0.05) is 12.1 Å². The summed E-state index contributed by atoms with van der Waals surface area (Å²) in [6.45, 7) is 3.63. The smallest absolute Gasteiger partial charge is 0.194 e. The molecule has 0 saturated heterocycles. The van der Waals surface area contributed by atoms with E-state index < -0.39 is 0 Å². The molecule has 0 radical (unpaired) electrons. The number of aryl methyl sites for hydroxylation is 1. The molecule has 2 heterocycles. The zero-order valence-corrected chi connectivity index (χ0v) is 12.9. The maximum Gasteiger partial charge on any atom is 0.194 e. The summed E-state index contributed by atoms with van der Waals surface area (Å²) in [5.74, 6) is 0.847. The second kappa shape index (κ2) is 7.09. The van der Waals surface area contributed by atoms with Crippen LogP contribution in [0.25, 0.3) is 0 Å². The summed E-state index contributed by atoms with van der Waals surface area (Å²) in [7, 11) is 3.77. The summed E-state index contributed by atoms with van der Waals surface area (Å²) < 4.78 is 4.84. The van der Waals surface area contributed by atoms with Crippen LogP contribution in [0, 0.1) is 0 Å². The van der Waals surface area contributed by atoms with Crippen molar-refractivity contribution in [2.24, 2.45) is 4.99 Å². The van der Waals surface area contributed by atoms with Gasteiger partial charge in [0.05, 0.1) is 13.1 Å². The average Bonchev–Trinajstić information content (AvgIpc) is 3.10. The van der Waals surface area contributed by atoms with Gasteiger partial charge in [-0.25, -0.2) is 0 Å². The van der Waals surface area contributed by atoms with E-state index in [2.05, 4.69) is 34.5 Å². The van der Waals surface area contributed by atoms with Crippen molar-refractivity contribution >= 4 is 17.3 Å². The van der Waals surface area contributed by atoms with Crippen molar-refractivity contribution in [1.29, 1.82) is 0 Å². The molecule has 20 heavy (non-hydrogen) atoms. The molecule has 0 bridgehead atoms. The van der Waals surface area contributed by atoms with E-state index in [-0.39, 0.29) is 0 Å². The number of hydrogen-bond donors (Lipinski definition) is 1. The quantitative estimate of drug-likeness (QED) is 0.679. The van der Waals surface area contributed by atoms with E-state index in [0.717, 1.165) is 24.6 Å². The Bertz CT molecular complexity index is 547. The van der Waals surface area contributed by atoms with Gasteiger partial charge in [0, 0.05) is 29.9 Å². The Hall–Kier alpha value is -1.82. The van der Waals surface area contributed by atoms with E-state index in [1.165, 1.54) is 9.75 Å². The van der Waals surface area contributed by atoms with Gasteiger partial charge < -0.3 is 14.7 Å². The number of aromatic nitrogens is 1. The fraction of sp³-hybridized carbons (Fsp3) is 0.429. The Labute approximate surface area is 123 Å². The molecule has 2 aromatic heterocycles. The second-order valence-corrected chi connectivity index (χ2v) is 5.72. The van der Waals surface area contributed by atoms with Crippen LogP contribution in [0.5, 0.6) is 0 Å². The van der Waals surface area contributed by atoms with Gasteiger partial charge in [-0.15, -0.1) is 11.3 Å². The fourth-order valence-corrected chi connectivity index (χ4v) is 2.79. The first kappa shape index (κ1) is 14.6. The van der Waals surface area contributed by atoms with Gasteiger partial charge in [-0.3, -0.25) is 4.99 Å². The third-order valence-electron chi connectivity index (χ3n) is 2.95. The highest BCUT2D eigenvalue weighted by molar-refractivity contribution is 7.11. The summed E-state index contributed by atoms with van der Waals surface area (Å²) >= 11 is 1.84. The van der Waals surface area contributed by atoms with Gasteiger partial charge in [0.1, 0.15) is 12.0 Å². The van der Waals surface area contributed by atoms with Gasteiger partial charge in [0.25, 0.3) is 0 Å². The van der Waals surface area contributed by atoms with Crippen LogP contribution in [0.15, 0.2) is 34.0 Å². The molecular formula is C14H20N4OS. The third-order valence-corrected chi connectivity index (χ3v) is 4.18. The van der Waals surface area contributed by atoms with E-state index in [9.17, 15) is 0 Å². The maximum absolute atomic E-state index is 4.84. The summed E-state index contributed by atoms with van der Waals surface area (Å²) in [5.41, 5.74) is 0.889. The standard InChI is InChI=1S/C14H20N4OS/c1-4-12-5-6-13(20-12)9-16-14(15-2)18(3)10-11-7-8-19-17-11/h5-8H,4,9-10H2,1-3H3,(H,15,16). The van der Waals surface area contributed by atoms with Crippen molar-refractivity contribution in [3.05, 3.63) is 39.9 Å². The Balaban J connectivity index is 1.88. The number of nitrogens with zero attached hydrogens (tertiary/aromatic N) is 3. The van der Waals surface area contributed by atoms with Crippen LogP contribution in [-0.4, -0.2) is 30.1 Å². The molecule has 0 atom stereocenters. The Morgan fingerprint density at radius 3 is 2.80 bits per heavy atom. The molecule has 2 aromatic rings. The Morgan fingerprint density at radius 2 is 2.20 bits per heavy atom. The lowest BCUT2D eigenvalue weighted by atomic mass is 10.3. The van der Waals surface area contributed by atoms with Gasteiger partial charge in [-0.2, -0.15) is 0 Å². The largest absolute Gasteiger partial charge is 0.364 e. The highest BCUT2D eigenvalue weighted by Crippen LogP contribution is 2.16. The van der Waals surface area contributed by atoms with E-state index in [4.69, 9.17) is 4.52 Å². The van der Waals surface area contributed by atoms with Crippen LogP contribution in [0.1, 0.15) is 22.4 Å². The van der Waals surface area contributed by atoms with Crippen molar-refractivity contribution in [2.45, 2.75) is 26.4 Å². The minimum atomic E-state index is 0.667. The SMILES string of the molecule is CCc1ccc(CNC(=NC)N(C)Cc2ccon2)s1. The average molecular weight is 292 g/mol. The number of hydrogen-bond acceptors (Lipinski definition) is 4. The highest BCUT2D eigenvalue weighted by atomic mass is 32.1. The monoisotopic (exact) mass is 292 g/mol. The van der Waals surface area contributed by atoms with Gasteiger partial charge >= 0.3 is 0 Å². The van der Waals surface area contributed by atoms with Crippen LogP contribution in [-0.2, 0) is 19.5 Å². The molecule has 6 heteroatoms. The fourth-order valence-electron chi connectivity index (χ4n) is 1.90. The molecule has 108 valence electrons. The lowest BCUT2D eigenvalue weighted by Crippen LogP contribution is -2.37. The molecule has 5 nitrogen and oxygen atoms in total. The normalized spacial score (nSPS) is 11.7. The molecule has 2 rings (SSSR count). The van der Waals surface area contributed by atoms with Crippen molar-refractivity contribution in [2.75, 3.05) is 14.1 Å². The lowest BCUT2D eigenvalue weighted by Gasteiger charge is -2.20. The molecule has 1 N–H and O–H groups in total. The van der Waals surface area contributed by atoms with E-state index in [1.807, 2.05) is 29.4 Å². The van der Waals surface area contributed by atoms with Gasteiger partial charge in [-0.05, 0) is 18.6 Å². The van der Waals surface area contributed by atoms with Crippen LogP contribution in [0.3, 0.4) is 0 Å². The van der Waals surface area contributed by atoms with E-state index in [1.54, 1.807) is 13.3 Å². The number of thiophene rings is 1. The van der Waals surface area contributed by atoms with Crippen LogP contribution >= 0.6 is 11.3 Å². The number of guanidine groups is 1. The van der Waals surface area contributed by atoms with Crippen LogP contribution < -0.4 is 5.32 Å². The lowest BCUT2D eigenvalue weighted by molar-refractivity contribution is 0.391. The van der Waals surface area contributed by atoms with Gasteiger partial charge in [0.15, 0.2) is 5.96 Å². The van der Waals surface area contributed by atoms with E-state index >= 15 is 0 Å². The molecule has 0 aliphatic heterocycles. The van der Waals surface area contributed by atoms with E-state index in [0.29, 0.717) is 6.54 Å². The molecule has 0 aliphatic carbocycles. The first-order valence-electron chi connectivity index (χ1n) is 6.61. The van der Waals surface area contributed by atoms with Crippen LogP contribution in [0.2, 0.25) is 0 Å². The second-order valence-electron chi connectivity index (χ2n) is 4.47. The first-order valence-corrected chi connectivity index (χ1v) is 7.43. The Morgan fingerprint density at radius 1 is 1.40 bits per heavy atom. The van der Waals surface area contributed by atoms with Gasteiger partial charge in [0.2, 0.25) is 0 Å². The first-order chi connectivity index (χ1) is 9.72. The van der Waals surface area contributed by atoms with Crippen LogP contribution in [0.4, 0.5) is 0 Å². The molecule has 0 amide bonds. The molecular weight excluding hydrogens is 272 g/mol. The maximum atomic E-state index is 4.84. The Kier molecular flexibility index (Phi) is 5.17. The zero-order chi connectivity index (χ0) is 14.4. The van der Waals surface area contributed by atoms with Crippen molar-refractivity contribution < 1.29 is 4.52 Å². The molecule has 0 unspecified atom stereocenters. The minimum Gasteiger partial charge on any atom is -0.364 e. The molecule has 0 aromatic carbocycles. The summed E-state index contributed by atoms with van der Waals surface area (Å²) in [6.07, 6.45) is 2.67. The predicted molar refractivity (Wildman–Crippen MR) is 81.9 cm³/mol. The minimum absolute atomic E-state index is 0.667. The molecule has 0 spiro atoms.